The Hall–Kier alpha value is -6.97. The molecule has 0 unspecified atom stereocenters. The highest BCUT2D eigenvalue weighted by Crippen LogP contribution is 2.41. The number of nitrogens with zero attached hydrogens (tertiary/aromatic N) is 6. The second-order valence-electron chi connectivity index (χ2n) is 11.8. The Morgan fingerprint density at radius 2 is 1.04 bits per heavy atom. The molecular weight excluding hydrogens is 601 g/mol. The molecule has 0 radical (unpaired) electrons. The van der Waals surface area contributed by atoms with E-state index in [1.807, 2.05) is 66.7 Å². The van der Waals surface area contributed by atoms with Crippen molar-refractivity contribution in [2.45, 2.75) is 0 Å². The van der Waals surface area contributed by atoms with Crippen LogP contribution in [0.2, 0.25) is 0 Å². The molecule has 0 spiro atoms. The average molecular weight is 627 g/mol. The van der Waals surface area contributed by atoms with Gasteiger partial charge in [0.05, 0.1) is 33.9 Å². The van der Waals surface area contributed by atoms with E-state index in [-0.39, 0.29) is 0 Å². The lowest BCUT2D eigenvalue weighted by Crippen LogP contribution is -2.00. The first kappa shape index (κ1) is 28.3. The van der Waals surface area contributed by atoms with Crippen LogP contribution in [0.15, 0.2) is 158 Å². The maximum Gasteiger partial charge on any atom is 0.164 e. The Morgan fingerprint density at radius 1 is 0.469 bits per heavy atom. The molecule has 9 rings (SSSR count). The van der Waals surface area contributed by atoms with Crippen molar-refractivity contribution in [3.8, 4) is 57.2 Å². The maximum absolute atomic E-state index is 9.53. The van der Waals surface area contributed by atoms with Gasteiger partial charge in [-0.15, -0.1) is 0 Å². The molecule has 0 fully saturated rings. The number of fused-ring (bicyclic) bond motifs is 5. The van der Waals surface area contributed by atoms with Gasteiger partial charge in [0.25, 0.3) is 0 Å². The van der Waals surface area contributed by atoms with Gasteiger partial charge in [0, 0.05) is 44.1 Å². The molecule has 0 N–H and O–H groups in total. The van der Waals surface area contributed by atoms with E-state index in [2.05, 4.69) is 89.5 Å². The lowest BCUT2D eigenvalue weighted by atomic mass is 10.0. The summed E-state index contributed by atoms with van der Waals surface area (Å²) >= 11 is 0. The van der Waals surface area contributed by atoms with Crippen molar-refractivity contribution in [2.24, 2.45) is 0 Å². The van der Waals surface area contributed by atoms with E-state index in [9.17, 15) is 5.26 Å². The Labute approximate surface area is 282 Å². The Kier molecular flexibility index (Phi) is 6.74. The third-order valence-electron chi connectivity index (χ3n) is 8.85. The van der Waals surface area contributed by atoms with Crippen molar-refractivity contribution in [1.82, 2.24) is 24.5 Å². The molecule has 0 aliphatic heterocycles. The lowest BCUT2D eigenvalue weighted by molar-refractivity contribution is 1.07. The molecule has 0 saturated heterocycles. The second kappa shape index (κ2) is 11.7. The van der Waals surface area contributed by atoms with E-state index in [0.29, 0.717) is 23.0 Å². The highest BCUT2D eigenvalue weighted by molar-refractivity contribution is 6.22. The molecule has 9 aromatic rings. The highest BCUT2D eigenvalue weighted by atomic mass is 15.0. The van der Waals surface area contributed by atoms with Gasteiger partial charge in [0.1, 0.15) is 0 Å². The van der Waals surface area contributed by atoms with Crippen molar-refractivity contribution in [1.29, 1.82) is 5.26 Å². The van der Waals surface area contributed by atoms with Crippen LogP contribution < -0.4 is 0 Å². The molecular formula is C43H26N6. The summed E-state index contributed by atoms with van der Waals surface area (Å²) in [5.74, 6) is 1.63. The summed E-state index contributed by atoms with van der Waals surface area (Å²) in [6.07, 6.45) is 0. The molecule has 0 bridgehead atoms. The predicted molar refractivity (Wildman–Crippen MR) is 196 cm³/mol. The van der Waals surface area contributed by atoms with Crippen LogP contribution in [0.4, 0.5) is 0 Å². The summed E-state index contributed by atoms with van der Waals surface area (Å²) in [6.45, 7) is 0. The van der Waals surface area contributed by atoms with Crippen molar-refractivity contribution in [3.05, 3.63) is 163 Å². The van der Waals surface area contributed by atoms with Crippen LogP contribution in [0, 0.1) is 11.3 Å². The van der Waals surface area contributed by atoms with Crippen LogP contribution in [0.5, 0.6) is 0 Å². The topological polar surface area (TPSA) is 80.3 Å². The summed E-state index contributed by atoms with van der Waals surface area (Å²) in [7, 11) is 0. The van der Waals surface area contributed by atoms with Gasteiger partial charge in [-0.3, -0.25) is 0 Å². The molecule has 0 atom stereocenters. The van der Waals surface area contributed by atoms with Gasteiger partial charge >= 0.3 is 0 Å². The SMILES string of the molecule is N#Cc1cccc(-c2nc(-c3ccccc3)nc(-c3ccc(-c4nc5ccccc5c5c4c4ccccc4n5-c4ccccc4)cc3)n2)c1. The van der Waals surface area contributed by atoms with E-state index in [1.54, 1.807) is 12.1 Å². The number of nitriles is 1. The van der Waals surface area contributed by atoms with Gasteiger partial charge in [-0.25, -0.2) is 19.9 Å². The fraction of sp³-hybridized carbons (Fsp3) is 0. The quantitative estimate of drug-likeness (QED) is 0.190. The Balaban J connectivity index is 1.24. The zero-order chi connectivity index (χ0) is 32.7. The monoisotopic (exact) mass is 626 g/mol. The summed E-state index contributed by atoms with van der Waals surface area (Å²) in [5.41, 5.74) is 9.26. The minimum Gasteiger partial charge on any atom is -0.308 e. The van der Waals surface area contributed by atoms with E-state index < -0.39 is 0 Å². The van der Waals surface area contributed by atoms with Crippen LogP contribution in [0.3, 0.4) is 0 Å². The van der Waals surface area contributed by atoms with Gasteiger partial charge in [-0.1, -0.05) is 121 Å². The number of benzene rings is 6. The number of hydrogen-bond acceptors (Lipinski definition) is 5. The van der Waals surface area contributed by atoms with Crippen molar-refractivity contribution in [2.75, 3.05) is 0 Å². The standard InChI is InChI=1S/C43H26N6/c44-27-28-12-11-15-32(26-28)43-47-41(30-13-3-1-4-14-30)46-42(48-43)31-24-22-29(23-25-31)39-38-35-19-8-10-21-37(35)49(33-16-5-2-6-17-33)40(38)34-18-7-9-20-36(34)45-39/h1-26H. The summed E-state index contributed by atoms with van der Waals surface area (Å²) in [6, 6.07) is 55.2. The normalized spacial score (nSPS) is 11.2. The average Bonchev–Trinajstić information content (AvgIpc) is 3.54. The number of hydrogen-bond donors (Lipinski definition) is 0. The van der Waals surface area contributed by atoms with Crippen LogP contribution in [0.25, 0.3) is 83.8 Å². The zero-order valence-corrected chi connectivity index (χ0v) is 26.2. The van der Waals surface area contributed by atoms with Crippen LogP contribution in [0.1, 0.15) is 5.56 Å². The number of pyridine rings is 1. The Morgan fingerprint density at radius 3 is 1.78 bits per heavy atom. The number of aromatic nitrogens is 5. The van der Waals surface area contributed by atoms with E-state index in [0.717, 1.165) is 66.3 Å². The zero-order valence-electron chi connectivity index (χ0n) is 26.2. The van der Waals surface area contributed by atoms with Crippen LogP contribution >= 0.6 is 0 Å². The van der Waals surface area contributed by atoms with Gasteiger partial charge < -0.3 is 4.57 Å². The first-order valence-electron chi connectivity index (χ1n) is 16.1. The first-order valence-corrected chi connectivity index (χ1v) is 16.1. The molecule has 6 heteroatoms. The first-order chi connectivity index (χ1) is 24.2. The molecule has 3 heterocycles. The third kappa shape index (κ3) is 4.89. The molecule has 0 aliphatic carbocycles. The van der Waals surface area contributed by atoms with Crippen molar-refractivity contribution < 1.29 is 0 Å². The molecule has 3 aromatic heterocycles. The van der Waals surface area contributed by atoms with Gasteiger partial charge in [0.15, 0.2) is 17.5 Å². The maximum atomic E-state index is 9.53. The molecule has 0 saturated carbocycles. The summed E-state index contributed by atoms with van der Waals surface area (Å²) < 4.78 is 2.35. The summed E-state index contributed by atoms with van der Waals surface area (Å²) in [5, 5.41) is 12.9. The second-order valence-corrected chi connectivity index (χ2v) is 11.8. The molecule has 6 nitrogen and oxygen atoms in total. The molecule has 0 amide bonds. The molecule has 0 aliphatic rings. The third-order valence-corrected chi connectivity index (χ3v) is 8.85. The van der Waals surface area contributed by atoms with Gasteiger partial charge in [0.2, 0.25) is 0 Å². The number of rotatable bonds is 5. The van der Waals surface area contributed by atoms with E-state index in [4.69, 9.17) is 19.9 Å². The predicted octanol–water partition coefficient (Wildman–Crippen LogP) is 10.1. The van der Waals surface area contributed by atoms with Crippen LogP contribution in [-0.2, 0) is 0 Å². The molecule has 228 valence electrons. The summed E-state index contributed by atoms with van der Waals surface area (Å²) in [4.78, 5) is 19.9. The Bertz CT molecular complexity index is 2710. The van der Waals surface area contributed by atoms with Gasteiger partial charge in [-0.2, -0.15) is 5.26 Å². The lowest BCUT2D eigenvalue weighted by Gasteiger charge is -2.12. The molecule has 49 heavy (non-hydrogen) atoms. The fourth-order valence-electron chi connectivity index (χ4n) is 6.59. The van der Waals surface area contributed by atoms with Crippen molar-refractivity contribution >= 4 is 32.7 Å². The van der Waals surface area contributed by atoms with Crippen molar-refractivity contribution in [3.63, 3.8) is 0 Å². The highest BCUT2D eigenvalue weighted by Gasteiger charge is 2.20. The number of para-hydroxylation sites is 3. The van der Waals surface area contributed by atoms with E-state index in [1.165, 1.54) is 0 Å². The minimum absolute atomic E-state index is 0.511. The van der Waals surface area contributed by atoms with E-state index >= 15 is 0 Å². The minimum atomic E-state index is 0.511. The fourth-order valence-corrected chi connectivity index (χ4v) is 6.59. The van der Waals surface area contributed by atoms with Crippen LogP contribution in [-0.4, -0.2) is 24.5 Å². The molecule has 6 aromatic carbocycles. The largest absolute Gasteiger partial charge is 0.308 e. The smallest absolute Gasteiger partial charge is 0.164 e. The van der Waals surface area contributed by atoms with Gasteiger partial charge in [-0.05, 0) is 36.4 Å².